The van der Waals surface area contributed by atoms with E-state index in [1.165, 1.54) is 38.5 Å². The van der Waals surface area contributed by atoms with E-state index in [0.717, 1.165) is 25.2 Å². The maximum absolute atomic E-state index is 13.2. The molecular formula is C17H38NO3P. The van der Waals surface area contributed by atoms with Gasteiger partial charge in [-0.25, -0.2) is 0 Å². The van der Waals surface area contributed by atoms with Crippen molar-refractivity contribution in [3.05, 3.63) is 0 Å². The van der Waals surface area contributed by atoms with Crippen LogP contribution in [0.1, 0.15) is 65.2 Å². The minimum Gasteiger partial charge on any atom is -0.355 e. The summed E-state index contributed by atoms with van der Waals surface area (Å²) in [6, 6.07) is 0. The van der Waals surface area contributed by atoms with Crippen molar-refractivity contribution in [1.29, 1.82) is 0 Å². The predicted octanol–water partition coefficient (Wildman–Crippen LogP) is 4.68. The summed E-state index contributed by atoms with van der Waals surface area (Å²) in [6.45, 7) is 5.02. The summed E-state index contributed by atoms with van der Waals surface area (Å²) in [5.74, 6) is 0. The van der Waals surface area contributed by atoms with E-state index in [-0.39, 0.29) is 6.29 Å². The second-order valence-electron chi connectivity index (χ2n) is 6.14. The molecule has 22 heavy (non-hydrogen) atoms. The highest BCUT2D eigenvalue weighted by molar-refractivity contribution is 7.63. The van der Waals surface area contributed by atoms with E-state index < -0.39 is 7.14 Å². The van der Waals surface area contributed by atoms with Gasteiger partial charge in [0, 0.05) is 39.4 Å². The Morgan fingerprint density at radius 1 is 0.864 bits per heavy atom. The average Bonchev–Trinajstić information content (AvgIpc) is 2.53. The summed E-state index contributed by atoms with van der Waals surface area (Å²) < 4.78 is 23.5. The molecule has 0 saturated carbocycles. The zero-order chi connectivity index (χ0) is 16.7. The van der Waals surface area contributed by atoms with Crippen molar-refractivity contribution >= 4 is 7.14 Å². The first-order valence-electron chi connectivity index (χ1n) is 8.95. The van der Waals surface area contributed by atoms with Gasteiger partial charge in [-0.3, -0.25) is 0 Å². The summed E-state index contributed by atoms with van der Waals surface area (Å²) in [5, 5.41) is 3.30. The zero-order valence-electron chi connectivity index (χ0n) is 15.2. The van der Waals surface area contributed by atoms with Gasteiger partial charge in [-0.2, -0.15) is 0 Å². The molecule has 0 aromatic heterocycles. The highest BCUT2D eigenvalue weighted by atomic mass is 31.2. The van der Waals surface area contributed by atoms with Crippen LogP contribution in [0.15, 0.2) is 0 Å². The van der Waals surface area contributed by atoms with Crippen LogP contribution in [0.4, 0.5) is 0 Å². The molecule has 0 rings (SSSR count). The molecule has 0 heterocycles. The Balaban J connectivity index is 4.21. The molecule has 0 unspecified atom stereocenters. The number of rotatable bonds is 16. The minimum absolute atomic E-state index is 0.256. The lowest BCUT2D eigenvalue weighted by molar-refractivity contribution is -0.0981. The van der Waals surface area contributed by atoms with Crippen LogP contribution in [0.25, 0.3) is 0 Å². The number of unbranched alkanes of at least 4 members (excludes halogenated alkanes) is 6. The van der Waals surface area contributed by atoms with E-state index in [4.69, 9.17) is 9.47 Å². The highest BCUT2D eigenvalue weighted by Gasteiger charge is 2.21. The molecule has 4 nitrogen and oxygen atoms in total. The Bertz CT molecular complexity index is 267. The van der Waals surface area contributed by atoms with E-state index in [1.54, 1.807) is 14.2 Å². The maximum atomic E-state index is 13.2. The molecule has 0 aromatic carbocycles. The molecule has 134 valence electrons. The predicted molar refractivity (Wildman–Crippen MR) is 96.3 cm³/mol. The van der Waals surface area contributed by atoms with Crippen LogP contribution < -0.4 is 5.32 Å². The van der Waals surface area contributed by atoms with Crippen molar-refractivity contribution in [2.75, 3.05) is 39.4 Å². The molecule has 0 aliphatic carbocycles. The molecule has 0 amide bonds. The fraction of sp³-hybridized carbons (Fsp3) is 1.00. The highest BCUT2D eigenvalue weighted by Crippen LogP contribution is 2.46. The molecule has 0 aliphatic rings. The largest absolute Gasteiger partial charge is 0.355 e. The van der Waals surface area contributed by atoms with Gasteiger partial charge in [0.2, 0.25) is 0 Å². The third-order valence-electron chi connectivity index (χ3n) is 4.08. The summed E-state index contributed by atoms with van der Waals surface area (Å²) >= 11 is 0. The maximum Gasteiger partial charge on any atom is 0.169 e. The van der Waals surface area contributed by atoms with Crippen molar-refractivity contribution in [2.45, 2.75) is 71.5 Å². The third kappa shape index (κ3) is 11.6. The fourth-order valence-electron chi connectivity index (χ4n) is 2.57. The second kappa shape index (κ2) is 14.7. The van der Waals surface area contributed by atoms with Gasteiger partial charge in [-0.05, 0) is 12.8 Å². The smallest absolute Gasteiger partial charge is 0.169 e. The number of hydrogen-bond donors (Lipinski definition) is 1. The molecule has 0 atom stereocenters. The average molecular weight is 335 g/mol. The van der Waals surface area contributed by atoms with Gasteiger partial charge in [-0.1, -0.05) is 52.4 Å². The Kier molecular flexibility index (Phi) is 14.8. The molecule has 0 spiro atoms. The topological polar surface area (TPSA) is 47.6 Å². The first-order valence-corrected chi connectivity index (χ1v) is 11.2. The van der Waals surface area contributed by atoms with Crippen LogP contribution in [0, 0.1) is 0 Å². The van der Waals surface area contributed by atoms with Gasteiger partial charge in [0.1, 0.15) is 7.14 Å². The van der Waals surface area contributed by atoms with Gasteiger partial charge in [0.15, 0.2) is 6.29 Å². The number of ether oxygens (including phenoxy) is 2. The second-order valence-corrected chi connectivity index (χ2v) is 9.47. The lowest BCUT2D eigenvalue weighted by Gasteiger charge is -2.21. The number of nitrogens with one attached hydrogen (secondary N) is 1. The first-order chi connectivity index (χ1) is 10.6. The van der Waals surface area contributed by atoms with Crippen molar-refractivity contribution < 1.29 is 14.0 Å². The van der Waals surface area contributed by atoms with Gasteiger partial charge in [0.25, 0.3) is 0 Å². The molecule has 0 radical (unpaired) electrons. The van der Waals surface area contributed by atoms with E-state index in [9.17, 15) is 4.57 Å². The van der Waals surface area contributed by atoms with Crippen LogP contribution in [0.5, 0.6) is 0 Å². The van der Waals surface area contributed by atoms with Crippen molar-refractivity contribution in [3.63, 3.8) is 0 Å². The number of hydrogen-bond acceptors (Lipinski definition) is 4. The van der Waals surface area contributed by atoms with Crippen LogP contribution in [-0.2, 0) is 14.0 Å². The van der Waals surface area contributed by atoms with Gasteiger partial charge in [-0.15, -0.1) is 0 Å². The van der Waals surface area contributed by atoms with Gasteiger partial charge in [0.05, 0.1) is 0 Å². The van der Waals surface area contributed by atoms with Crippen LogP contribution in [-0.4, -0.2) is 45.7 Å². The van der Waals surface area contributed by atoms with Crippen LogP contribution in [0.2, 0.25) is 0 Å². The van der Waals surface area contributed by atoms with Crippen molar-refractivity contribution in [2.24, 2.45) is 0 Å². The van der Waals surface area contributed by atoms with Gasteiger partial charge < -0.3 is 19.4 Å². The normalized spacial score (nSPS) is 12.2. The molecule has 0 aromatic rings. The summed E-state index contributed by atoms with van der Waals surface area (Å²) in [6.07, 6.45) is 11.7. The first kappa shape index (κ1) is 22.1. The molecule has 0 aliphatic heterocycles. The third-order valence-corrected chi connectivity index (χ3v) is 7.14. The zero-order valence-corrected chi connectivity index (χ0v) is 16.1. The van der Waals surface area contributed by atoms with Crippen molar-refractivity contribution in [3.8, 4) is 0 Å². The van der Waals surface area contributed by atoms with E-state index >= 15 is 0 Å². The summed E-state index contributed by atoms with van der Waals surface area (Å²) in [7, 11) is 1.16. The Morgan fingerprint density at radius 2 is 1.36 bits per heavy atom. The molecule has 0 fully saturated rings. The van der Waals surface area contributed by atoms with E-state index in [1.807, 2.05) is 0 Å². The lowest BCUT2D eigenvalue weighted by atomic mass is 10.2. The SMILES string of the molecule is CCCCCCP(=O)(CCCCCC)CNCC(OC)OC. The number of methoxy groups -OCH3 is 2. The Labute approximate surface area is 138 Å². The van der Waals surface area contributed by atoms with Gasteiger partial charge >= 0.3 is 0 Å². The van der Waals surface area contributed by atoms with E-state index in [0.29, 0.717) is 12.8 Å². The van der Waals surface area contributed by atoms with Crippen LogP contribution in [0.3, 0.4) is 0 Å². The fourth-order valence-corrected chi connectivity index (χ4v) is 5.25. The molecule has 5 heteroatoms. The lowest BCUT2D eigenvalue weighted by Crippen LogP contribution is -2.31. The molecule has 0 bridgehead atoms. The summed E-state index contributed by atoms with van der Waals surface area (Å²) in [5.41, 5.74) is 0. The monoisotopic (exact) mass is 335 g/mol. The quantitative estimate of drug-likeness (QED) is 0.253. The Morgan fingerprint density at radius 3 is 1.77 bits per heavy atom. The van der Waals surface area contributed by atoms with Crippen molar-refractivity contribution in [1.82, 2.24) is 5.32 Å². The molecule has 1 N–H and O–H groups in total. The molecule has 0 saturated heterocycles. The minimum atomic E-state index is -2.10. The van der Waals surface area contributed by atoms with Crippen LogP contribution >= 0.6 is 7.14 Å². The molecular weight excluding hydrogens is 297 g/mol. The summed E-state index contributed by atoms with van der Waals surface area (Å²) in [4.78, 5) is 0. The Hall–Kier alpha value is 0.110. The van der Waals surface area contributed by atoms with E-state index in [2.05, 4.69) is 19.2 Å². The standard InChI is InChI=1S/C17H38NO3P/c1-5-7-9-11-13-22(19,14-12-10-8-6-2)16-18-15-17(20-3)21-4/h17-18H,5-16H2,1-4H3.